The number of carbonyl (C=O) groups is 3. The van der Waals surface area contributed by atoms with Gasteiger partial charge < -0.3 is 133 Å². The molecule has 17 aliphatic rings. The van der Waals surface area contributed by atoms with E-state index in [1.807, 2.05) is 0 Å². The van der Waals surface area contributed by atoms with E-state index in [-0.39, 0.29) is 30.6 Å². The molecule has 530 valence electrons. The number of aliphatic hydroxyl groups excluding tert-OH is 14. The minimum absolute atomic E-state index is 0.0693. The van der Waals surface area contributed by atoms with Crippen LogP contribution in [0.3, 0.4) is 0 Å². The van der Waals surface area contributed by atoms with Gasteiger partial charge in [0.2, 0.25) is 6.29 Å². The Balaban J connectivity index is 0.961. The first-order chi connectivity index (χ1) is 43.5. The fraction of sp³-hybridized carbons (Fsp3) is 0.921. The number of carbonyl (C=O) groups excluding carboxylic acids is 3. The Morgan fingerprint density at radius 2 is 1.22 bits per heavy atom. The van der Waals surface area contributed by atoms with Gasteiger partial charge in [0.15, 0.2) is 43.5 Å². The molecule has 17 rings (SSSR count). The van der Waals surface area contributed by atoms with Crippen LogP contribution in [0.1, 0.15) is 120 Å². The summed E-state index contributed by atoms with van der Waals surface area (Å²) in [6.45, 7) is 11.5. The van der Waals surface area contributed by atoms with Gasteiger partial charge in [0, 0.05) is 5.41 Å². The van der Waals surface area contributed by atoms with Crippen LogP contribution in [0.5, 0.6) is 0 Å². The molecule has 0 unspecified atom stereocenters. The van der Waals surface area contributed by atoms with E-state index in [2.05, 4.69) is 40.7 Å². The fourth-order valence-electron chi connectivity index (χ4n) is 18.6. The summed E-state index contributed by atoms with van der Waals surface area (Å²) in [5, 5.41) is 172. The van der Waals surface area contributed by atoms with Crippen molar-refractivity contribution >= 4 is 17.9 Å². The molecule has 0 aromatic rings. The molecule has 0 aromatic carbocycles. The van der Waals surface area contributed by atoms with Crippen molar-refractivity contribution in [2.45, 2.75) is 279 Å². The highest BCUT2D eigenvalue weighted by molar-refractivity contribution is 5.80. The zero-order chi connectivity index (χ0) is 67.8. The molecule has 0 amide bonds. The number of hydrogen-bond donors (Lipinski definition) is 15. The van der Waals surface area contributed by atoms with Crippen LogP contribution in [0.4, 0.5) is 0 Å². The second-order valence-electron chi connectivity index (χ2n) is 30.6. The normalized spacial score (nSPS) is 54.8. The van der Waals surface area contributed by atoms with Crippen molar-refractivity contribution in [3.63, 3.8) is 0 Å². The molecule has 30 heteroatoms. The van der Waals surface area contributed by atoms with Crippen LogP contribution in [0, 0.1) is 50.2 Å². The van der Waals surface area contributed by atoms with Crippen LogP contribution in [0.2, 0.25) is 0 Å². The quantitative estimate of drug-likeness (QED) is 0.0557. The van der Waals surface area contributed by atoms with E-state index >= 15 is 4.79 Å². The van der Waals surface area contributed by atoms with E-state index in [1.54, 1.807) is 6.92 Å². The maximum atomic E-state index is 15.7. The fourth-order valence-corrected chi connectivity index (χ4v) is 18.6. The summed E-state index contributed by atoms with van der Waals surface area (Å²) in [6.07, 6.45) is -41.1. The van der Waals surface area contributed by atoms with Gasteiger partial charge in [0.05, 0.1) is 75.9 Å². The molecule has 12 fully saturated rings. The molecule has 30 nitrogen and oxygen atoms in total. The van der Waals surface area contributed by atoms with Gasteiger partial charge in [-0.05, 0) is 105 Å². The molecule has 8 saturated heterocycles. The highest BCUT2D eigenvalue weighted by Crippen LogP contribution is 2.76. The van der Waals surface area contributed by atoms with Gasteiger partial charge in [-0.15, -0.1) is 0 Å². The number of esters is 3. The smallest absolute Gasteiger partial charge is 0.317 e. The summed E-state index contributed by atoms with van der Waals surface area (Å²) in [5.41, 5.74) is -6.89. The lowest BCUT2D eigenvalue weighted by Crippen LogP contribution is -2.71. The Labute approximate surface area is 537 Å². The Hall–Kier alpha value is -2.81. The number of ether oxygens (including phenoxy) is 12. The van der Waals surface area contributed by atoms with Gasteiger partial charge in [-0.1, -0.05) is 53.2 Å². The minimum Gasteiger partial charge on any atom is -0.457 e. The molecule has 12 bridgehead atoms. The first-order valence-corrected chi connectivity index (χ1v) is 32.7. The highest BCUT2D eigenvalue weighted by Gasteiger charge is 2.73. The van der Waals surface area contributed by atoms with Gasteiger partial charge in [0.25, 0.3) is 0 Å². The lowest BCUT2D eigenvalue weighted by molar-refractivity contribution is -0.377. The average Bonchev–Trinajstić information content (AvgIpc) is 0.671. The Morgan fingerprint density at radius 3 is 1.90 bits per heavy atom. The van der Waals surface area contributed by atoms with E-state index in [0.29, 0.717) is 32.1 Å². The van der Waals surface area contributed by atoms with Gasteiger partial charge in [-0.25, -0.2) is 0 Å². The van der Waals surface area contributed by atoms with Crippen molar-refractivity contribution in [3.8, 4) is 0 Å². The van der Waals surface area contributed by atoms with Crippen molar-refractivity contribution in [1.82, 2.24) is 0 Å². The first-order valence-electron chi connectivity index (χ1n) is 32.7. The maximum Gasteiger partial charge on any atom is 0.317 e. The number of allylic oxidation sites excluding steroid dienone is 2. The zero-order valence-corrected chi connectivity index (χ0v) is 53.7. The maximum absolute atomic E-state index is 15.7. The molecule has 0 aromatic heterocycles. The van der Waals surface area contributed by atoms with Crippen molar-refractivity contribution in [3.05, 3.63) is 11.6 Å². The Morgan fingerprint density at radius 1 is 0.570 bits per heavy atom. The monoisotopic (exact) mass is 1330 g/mol. The third-order valence-corrected chi connectivity index (χ3v) is 24.0. The average molecular weight is 1340 g/mol. The van der Waals surface area contributed by atoms with Crippen LogP contribution in [0.25, 0.3) is 0 Å². The van der Waals surface area contributed by atoms with E-state index < -0.39 is 262 Å². The van der Waals surface area contributed by atoms with Crippen LogP contribution in [-0.4, -0.2) is 287 Å². The summed E-state index contributed by atoms with van der Waals surface area (Å²) < 4.78 is 72.0. The van der Waals surface area contributed by atoms with Crippen molar-refractivity contribution in [1.29, 1.82) is 0 Å². The van der Waals surface area contributed by atoms with E-state index in [9.17, 15) is 86.2 Å². The van der Waals surface area contributed by atoms with E-state index in [1.165, 1.54) is 6.92 Å². The number of hydrogen-bond acceptors (Lipinski definition) is 30. The summed E-state index contributed by atoms with van der Waals surface area (Å²) in [6, 6.07) is 0. The molecule has 4 saturated carbocycles. The molecule has 12 heterocycles. The number of rotatable bonds is 4. The van der Waals surface area contributed by atoms with Gasteiger partial charge >= 0.3 is 17.9 Å². The topological polar surface area (TPSA) is 465 Å². The third kappa shape index (κ3) is 12.3. The van der Waals surface area contributed by atoms with Gasteiger partial charge in [-0.3, -0.25) is 14.4 Å². The van der Waals surface area contributed by atoms with E-state index in [0.717, 1.165) is 12.5 Å². The largest absolute Gasteiger partial charge is 0.457 e. The Kier molecular flexibility index (Phi) is 20.0. The standard InChI is InChI=1S/C63H98O30/c1-25-46-47(89-51-43(77)38(72)29(67)21-82-51)45(79)53(85-25)91-48-39(73)30(68)22-83-54(48)93-56(80)63-14-13-57(2,3)15-27(63)26-9-10-34-59(5)16-28(66)50(60(6,24-65)33(59)11-12-61(34,7)62(26,8)17-35(63)69)92-55-49(42(76)40(74)31(20-64)87-55)90-52-44(78)41(75)32(23-84-52)86-36(70)18-58(4,81)19-37(71)88-46/h9,25,27-35,38-55,64-69,72-79,81H,10-24H2,1-8H3/t25-,27-,28-,29+,30-,31+,32-,33+,34+,35+,38-,39+,40+,41-,42-,43+,44+,45+,46-,47-,48+,49+,50-,51-,52-,53-,54-,55-,58-,59-,60-,61+,62+,63+/m0/s1. The highest BCUT2D eigenvalue weighted by atomic mass is 16.8. The summed E-state index contributed by atoms with van der Waals surface area (Å²) >= 11 is 0. The molecule has 12 aliphatic heterocycles. The minimum atomic E-state index is -2.31. The first kappa shape index (κ1) is 71.5. The molecule has 93 heavy (non-hydrogen) atoms. The predicted molar refractivity (Wildman–Crippen MR) is 308 cm³/mol. The van der Waals surface area contributed by atoms with Crippen molar-refractivity contribution < 1.29 is 148 Å². The number of aliphatic hydroxyl groups is 15. The van der Waals surface area contributed by atoms with E-state index in [4.69, 9.17) is 56.8 Å². The summed E-state index contributed by atoms with van der Waals surface area (Å²) in [7, 11) is 0. The Bertz CT molecular complexity index is 2740. The molecule has 15 N–H and O–H groups in total. The summed E-state index contributed by atoms with van der Waals surface area (Å²) in [4.78, 5) is 43.1. The molecule has 34 atom stereocenters. The molecule has 0 radical (unpaired) electrons. The van der Waals surface area contributed by atoms with Crippen molar-refractivity contribution in [2.75, 3.05) is 33.0 Å². The lowest BCUT2D eigenvalue weighted by Gasteiger charge is -2.72. The summed E-state index contributed by atoms with van der Waals surface area (Å²) in [5.74, 6) is -4.65. The van der Waals surface area contributed by atoms with Gasteiger partial charge in [0.1, 0.15) is 84.8 Å². The van der Waals surface area contributed by atoms with Crippen LogP contribution in [0.15, 0.2) is 11.6 Å². The van der Waals surface area contributed by atoms with Crippen LogP contribution >= 0.6 is 0 Å². The second-order valence-corrected chi connectivity index (χ2v) is 30.6. The third-order valence-electron chi connectivity index (χ3n) is 24.0. The predicted octanol–water partition coefficient (Wildman–Crippen LogP) is -3.71. The van der Waals surface area contributed by atoms with Crippen LogP contribution in [-0.2, 0) is 71.2 Å². The molecule has 5 aliphatic carbocycles. The second kappa shape index (κ2) is 26.0. The molecular formula is C63H98O30. The van der Waals surface area contributed by atoms with Crippen molar-refractivity contribution in [2.24, 2.45) is 50.2 Å². The van der Waals surface area contributed by atoms with Crippen LogP contribution < -0.4 is 0 Å². The molecule has 1 spiro atoms. The van der Waals surface area contributed by atoms with Gasteiger partial charge in [-0.2, -0.15) is 0 Å². The SMILES string of the molecule is C[C@@H]1O[C@H]2O[C@H]3[C@@H](OC[C@H](O)[C@H]3O)OC(=O)[C@]34CCC(C)(C)C[C@H]3C3=CC[C@@H]5[C@@]6(C)C[C@H](O)[C@H](O[C@@H]7O[C@H](CO)[C@@H](O)[C@H](O)[C@H]7O[C@@H]7OC[C@H](OC(=O)C[C@](C)(O)CC(=O)O[C@@H]1[C@@H](O[C@@H]1OC[C@@H](O)[C@H](O)[C@H]1O)[C@H]2O)[C@H](O)[C@H]7O)[C@@](C)(CO)[C@@H]6CC[C@@]5(C)[C@]3(C)C[C@H]4O. The molecular weight excluding hydrogens is 1240 g/mol. The zero-order valence-electron chi connectivity index (χ0n) is 53.7. The lowest BCUT2D eigenvalue weighted by atomic mass is 9.33.